The smallest absolute Gasteiger partial charge is 0.286 e. The van der Waals surface area contributed by atoms with Crippen molar-refractivity contribution in [2.45, 2.75) is 37.7 Å². The van der Waals surface area contributed by atoms with Gasteiger partial charge in [0.15, 0.2) is 11.5 Å². The molecular formula is C17H22F2N2O6S. The highest BCUT2D eigenvalue weighted by atomic mass is 32.2. The van der Waals surface area contributed by atoms with Crippen LogP contribution in [0.1, 0.15) is 30.6 Å². The van der Waals surface area contributed by atoms with Crippen LogP contribution < -0.4 is 4.74 Å². The second-order valence-electron chi connectivity index (χ2n) is 6.14. The van der Waals surface area contributed by atoms with Crippen LogP contribution >= 0.6 is 11.8 Å². The van der Waals surface area contributed by atoms with Gasteiger partial charge in [-0.15, -0.1) is 11.8 Å². The predicted octanol–water partition coefficient (Wildman–Crippen LogP) is 3.27. The number of thioether (sulfide) groups is 1. The van der Waals surface area contributed by atoms with Crippen LogP contribution in [0.15, 0.2) is 12.1 Å². The third-order valence-corrected chi connectivity index (χ3v) is 5.38. The summed E-state index contributed by atoms with van der Waals surface area (Å²) in [6, 6.07) is 0.814. The van der Waals surface area contributed by atoms with Gasteiger partial charge in [0.2, 0.25) is 0 Å². The van der Waals surface area contributed by atoms with Gasteiger partial charge in [0.05, 0.1) is 30.7 Å². The first-order valence-electron chi connectivity index (χ1n) is 8.62. The molecule has 1 unspecified atom stereocenters. The van der Waals surface area contributed by atoms with Crippen molar-refractivity contribution >= 4 is 23.4 Å². The largest absolute Gasteiger partial charge is 0.504 e. The number of nitro groups is 1. The van der Waals surface area contributed by atoms with E-state index in [1.807, 2.05) is 6.92 Å². The lowest BCUT2D eigenvalue weighted by molar-refractivity contribution is -0.385. The van der Waals surface area contributed by atoms with Crippen LogP contribution in [0.25, 0.3) is 0 Å². The lowest BCUT2D eigenvalue weighted by atomic mass is 10.1. The maximum absolute atomic E-state index is 14.2. The number of alkyl halides is 2. The third kappa shape index (κ3) is 4.64. The van der Waals surface area contributed by atoms with Crippen molar-refractivity contribution in [3.63, 3.8) is 0 Å². The van der Waals surface area contributed by atoms with Crippen molar-refractivity contribution in [1.82, 2.24) is 4.90 Å². The highest BCUT2D eigenvalue weighted by molar-refractivity contribution is 7.99. The number of carbonyl (C=O) groups is 1. The minimum Gasteiger partial charge on any atom is -0.504 e. The Morgan fingerprint density at radius 2 is 2.18 bits per heavy atom. The number of amides is 1. The minimum absolute atomic E-state index is 0.166. The van der Waals surface area contributed by atoms with Crippen LogP contribution in [-0.2, 0) is 4.74 Å². The van der Waals surface area contributed by atoms with Gasteiger partial charge in [-0.05, 0) is 12.7 Å². The summed E-state index contributed by atoms with van der Waals surface area (Å²) < 4.78 is 38.8. The van der Waals surface area contributed by atoms with Crippen LogP contribution in [0.2, 0.25) is 0 Å². The molecule has 1 fully saturated rings. The van der Waals surface area contributed by atoms with E-state index < -0.39 is 58.2 Å². The van der Waals surface area contributed by atoms with Gasteiger partial charge in [-0.3, -0.25) is 14.9 Å². The molecule has 1 aliphatic rings. The number of halogens is 2. The normalized spacial score (nSPS) is 19.5. The average molecular weight is 420 g/mol. The van der Waals surface area contributed by atoms with Gasteiger partial charge in [-0.2, -0.15) is 0 Å². The molecule has 0 aromatic heterocycles. The van der Waals surface area contributed by atoms with E-state index in [-0.39, 0.29) is 12.4 Å². The van der Waals surface area contributed by atoms with Crippen LogP contribution in [0.4, 0.5) is 14.5 Å². The molecule has 2 atom stereocenters. The number of nitrogens with zero attached hydrogens (tertiary/aromatic N) is 2. The first kappa shape index (κ1) is 22.2. The fourth-order valence-corrected chi connectivity index (χ4v) is 4.14. The van der Waals surface area contributed by atoms with Gasteiger partial charge in [-0.25, -0.2) is 8.78 Å². The fraction of sp³-hybridized carbons (Fsp3) is 0.588. The minimum atomic E-state index is -3.14. The molecular weight excluding hydrogens is 398 g/mol. The number of nitro benzene ring substituents is 1. The fourth-order valence-electron chi connectivity index (χ4n) is 3.11. The Kier molecular flexibility index (Phi) is 7.05. The Balaban J connectivity index is 2.48. The average Bonchev–Trinajstić information content (AvgIpc) is 2.96. The van der Waals surface area contributed by atoms with E-state index in [0.717, 1.165) is 17.0 Å². The summed E-state index contributed by atoms with van der Waals surface area (Å²) in [4.78, 5) is 24.5. The molecule has 1 aromatic carbocycles. The lowest BCUT2D eigenvalue weighted by Crippen LogP contribution is -2.43. The molecule has 0 aliphatic carbocycles. The molecule has 0 spiro atoms. The van der Waals surface area contributed by atoms with E-state index >= 15 is 0 Å². The third-order valence-electron chi connectivity index (χ3n) is 4.27. The number of aromatic hydroxyl groups is 1. The molecule has 1 saturated heterocycles. The maximum Gasteiger partial charge on any atom is 0.286 e. The molecule has 1 aliphatic heterocycles. The topological polar surface area (TPSA) is 102 Å². The monoisotopic (exact) mass is 420 g/mol. The summed E-state index contributed by atoms with van der Waals surface area (Å²) in [5.41, 5.74) is -1.81. The Labute approximate surface area is 164 Å². The summed E-state index contributed by atoms with van der Waals surface area (Å²) in [7, 11) is 1.21. The lowest BCUT2D eigenvalue weighted by Gasteiger charge is -2.30. The van der Waals surface area contributed by atoms with Crippen LogP contribution in [0, 0.1) is 10.1 Å². The Morgan fingerprint density at radius 1 is 1.50 bits per heavy atom. The van der Waals surface area contributed by atoms with Gasteiger partial charge in [0, 0.05) is 19.1 Å². The molecule has 11 heteroatoms. The first-order chi connectivity index (χ1) is 13.1. The van der Waals surface area contributed by atoms with Gasteiger partial charge >= 0.3 is 0 Å². The van der Waals surface area contributed by atoms with E-state index in [9.17, 15) is 28.8 Å². The predicted molar refractivity (Wildman–Crippen MR) is 99.2 cm³/mol. The highest BCUT2D eigenvalue weighted by Crippen LogP contribution is 2.40. The molecule has 0 bridgehead atoms. The summed E-state index contributed by atoms with van der Waals surface area (Å²) >= 11 is 1.29. The van der Waals surface area contributed by atoms with Crippen molar-refractivity contribution in [3.05, 3.63) is 27.8 Å². The molecule has 1 amide bonds. The molecule has 0 saturated carbocycles. The van der Waals surface area contributed by atoms with Gasteiger partial charge in [0.25, 0.3) is 17.5 Å². The van der Waals surface area contributed by atoms with E-state index in [0.29, 0.717) is 5.75 Å². The van der Waals surface area contributed by atoms with Crippen molar-refractivity contribution < 1.29 is 33.1 Å². The number of rotatable bonds is 8. The van der Waals surface area contributed by atoms with Crippen LogP contribution in [0.3, 0.4) is 0 Å². The molecule has 8 nitrogen and oxygen atoms in total. The summed E-state index contributed by atoms with van der Waals surface area (Å²) in [6.07, 6.45) is -0.598. The summed E-state index contributed by atoms with van der Waals surface area (Å²) in [6.45, 7) is 2.96. The number of hydrogen-bond acceptors (Lipinski definition) is 7. The zero-order valence-corrected chi connectivity index (χ0v) is 16.5. The zero-order chi connectivity index (χ0) is 21.1. The Bertz CT molecular complexity index is 743. The number of hydrogen-bond donors (Lipinski definition) is 1. The van der Waals surface area contributed by atoms with E-state index in [1.54, 1.807) is 6.92 Å². The number of phenols is 1. The molecule has 1 N–H and O–H groups in total. The first-order valence-corrected chi connectivity index (χ1v) is 9.67. The summed E-state index contributed by atoms with van der Waals surface area (Å²) in [5.74, 6) is -4.18. The molecule has 0 radical (unpaired) electrons. The van der Waals surface area contributed by atoms with Crippen LogP contribution in [0.5, 0.6) is 11.5 Å². The summed E-state index contributed by atoms with van der Waals surface area (Å²) in [5, 5.41) is 21.1. The quantitative estimate of drug-likeness (QED) is 0.391. The zero-order valence-electron chi connectivity index (χ0n) is 15.7. The van der Waals surface area contributed by atoms with E-state index in [2.05, 4.69) is 0 Å². The van der Waals surface area contributed by atoms with Crippen molar-refractivity contribution in [3.8, 4) is 11.5 Å². The standard InChI is InChI=1S/C17H22F2N2O6S/c1-4-27-16(28-5-2)12-8-17(18,19)9-20(12)15(23)10-6-14(26-3)13(22)7-11(10)21(24)25/h6-7,12,16,22H,4-5,8-9H2,1-3H3/t12-,16?/m0/s1. The maximum atomic E-state index is 14.2. The molecule has 2 rings (SSSR count). The number of phenolic OH excluding ortho intramolecular Hbond substituents is 1. The molecule has 28 heavy (non-hydrogen) atoms. The number of likely N-dealkylation sites (tertiary alicyclic amines) is 1. The van der Waals surface area contributed by atoms with E-state index in [1.165, 1.54) is 18.9 Å². The number of carbonyl (C=O) groups excluding carboxylic acids is 1. The Hall–Kier alpha value is -2.14. The van der Waals surface area contributed by atoms with Gasteiger partial charge < -0.3 is 19.5 Å². The van der Waals surface area contributed by atoms with Crippen molar-refractivity contribution in [2.75, 3.05) is 26.0 Å². The van der Waals surface area contributed by atoms with E-state index in [4.69, 9.17) is 9.47 Å². The number of ether oxygens (including phenoxy) is 2. The molecule has 1 heterocycles. The van der Waals surface area contributed by atoms with Gasteiger partial charge in [0.1, 0.15) is 11.0 Å². The Morgan fingerprint density at radius 3 is 2.71 bits per heavy atom. The SMILES string of the molecule is CCOC(SCC)[C@@H]1CC(F)(F)CN1C(=O)c1cc(OC)c(O)cc1[N+](=O)[O-]. The molecule has 156 valence electrons. The highest BCUT2D eigenvalue weighted by Gasteiger charge is 2.51. The number of benzene rings is 1. The molecule has 1 aromatic rings. The van der Waals surface area contributed by atoms with Crippen molar-refractivity contribution in [2.24, 2.45) is 0 Å². The van der Waals surface area contributed by atoms with Crippen molar-refractivity contribution in [1.29, 1.82) is 0 Å². The number of methoxy groups -OCH3 is 1. The van der Waals surface area contributed by atoms with Gasteiger partial charge in [-0.1, -0.05) is 6.92 Å². The second-order valence-corrected chi connectivity index (χ2v) is 7.51. The van der Waals surface area contributed by atoms with Crippen LogP contribution in [-0.4, -0.2) is 64.3 Å². The second kappa shape index (κ2) is 8.91.